The van der Waals surface area contributed by atoms with Gasteiger partial charge in [0.05, 0.1) is 6.61 Å². The van der Waals surface area contributed by atoms with Crippen LogP contribution >= 0.6 is 0 Å². The number of benzene rings is 2. The van der Waals surface area contributed by atoms with Crippen LogP contribution in [0.3, 0.4) is 0 Å². The Bertz CT molecular complexity index is 1190. The van der Waals surface area contributed by atoms with E-state index in [2.05, 4.69) is 0 Å². The molecule has 0 radical (unpaired) electrons. The zero-order valence-electron chi connectivity index (χ0n) is 16.3. The maximum atomic E-state index is 12.7. The Morgan fingerprint density at radius 3 is 2.28 bits per heavy atom. The lowest BCUT2D eigenvalue weighted by atomic mass is 9.99. The molecule has 0 spiro atoms. The molecular weight excluding hydrogens is 428 g/mol. The van der Waals surface area contributed by atoms with E-state index in [1.54, 1.807) is 0 Å². The minimum atomic E-state index is -1.80. The molecule has 0 saturated carbocycles. The first-order valence-electron chi connectivity index (χ1n) is 9.50. The summed E-state index contributed by atoms with van der Waals surface area (Å²) in [6.07, 6.45) is -8.13. The van der Waals surface area contributed by atoms with Crippen LogP contribution < -0.4 is 10.2 Å². The van der Waals surface area contributed by atoms with Crippen molar-refractivity contribution in [3.8, 4) is 34.3 Å². The van der Waals surface area contributed by atoms with Gasteiger partial charge in [-0.15, -0.1) is 0 Å². The number of phenols is 3. The number of rotatable bonds is 4. The lowest BCUT2D eigenvalue weighted by Crippen LogP contribution is -2.60. The SMILES string of the molecule is O=c1cc(-c2ccc(O)cc2)oc2cc(O)c(O[C@H]3O[C@@H](CO)[C@H](O)[C@@H](O)[C@@H]3O)c(O)c12. The minimum Gasteiger partial charge on any atom is -0.508 e. The van der Waals surface area contributed by atoms with Crippen molar-refractivity contribution in [2.45, 2.75) is 30.7 Å². The normalized spacial score (nSPS) is 25.7. The van der Waals surface area contributed by atoms with Gasteiger partial charge < -0.3 is 49.6 Å². The molecule has 11 nitrogen and oxygen atoms in total. The van der Waals surface area contributed by atoms with E-state index in [-0.39, 0.29) is 22.5 Å². The fourth-order valence-corrected chi connectivity index (χ4v) is 3.44. The summed E-state index contributed by atoms with van der Waals surface area (Å²) in [5, 5.41) is 69.1. The second-order valence-electron chi connectivity index (χ2n) is 7.28. The van der Waals surface area contributed by atoms with Crippen LogP contribution in [0.4, 0.5) is 0 Å². The van der Waals surface area contributed by atoms with Crippen molar-refractivity contribution in [3.63, 3.8) is 0 Å². The van der Waals surface area contributed by atoms with Crippen molar-refractivity contribution in [1.29, 1.82) is 0 Å². The summed E-state index contributed by atoms with van der Waals surface area (Å²) in [4.78, 5) is 12.7. The predicted octanol–water partition coefficient (Wildman–Crippen LogP) is -0.245. The molecule has 1 saturated heterocycles. The number of hydrogen-bond acceptors (Lipinski definition) is 11. The number of aromatic hydroxyl groups is 3. The third-order valence-corrected chi connectivity index (χ3v) is 5.16. The van der Waals surface area contributed by atoms with Crippen molar-refractivity contribution >= 4 is 11.0 Å². The predicted molar refractivity (Wildman–Crippen MR) is 107 cm³/mol. The zero-order valence-corrected chi connectivity index (χ0v) is 16.3. The number of fused-ring (bicyclic) bond motifs is 1. The number of aliphatic hydroxyl groups is 4. The number of aliphatic hydroxyl groups excluding tert-OH is 4. The molecule has 1 aromatic heterocycles. The summed E-state index contributed by atoms with van der Waals surface area (Å²) in [6.45, 7) is -0.704. The van der Waals surface area contributed by atoms with Crippen molar-refractivity contribution < 1.29 is 49.6 Å². The van der Waals surface area contributed by atoms with E-state index in [4.69, 9.17) is 13.9 Å². The molecule has 2 heterocycles. The molecule has 5 atom stereocenters. The average molecular weight is 448 g/mol. The Morgan fingerprint density at radius 2 is 1.62 bits per heavy atom. The van der Waals surface area contributed by atoms with Crippen LogP contribution in [-0.2, 0) is 4.74 Å². The third-order valence-electron chi connectivity index (χ3n) is 5.16. The maximum Gasteiger partial charge on any atom is 0.229 e. The van der Waals surface area contributed by atoms with Crippen molar-refractivity contribution in [3.05, 3.63) is 46.6 Å². The van der Waals surface area contributed by atoms with Crippen LogP contribution in [0, 0.1) is 0 Å². The Kier molecular flexibility index (Phi) is 5.67. The molecule has 3 aromatic rings. The molecule has 170 valence electrons. The first-order chi connectivity index (χ1) is 15.2. The van der Waals surface area contributed by atoms with Gasteiger partial charge >= 0.3 is 0 Å². The Hall–Kier alpha value is -3.35. The highest BCUT2D eigenvalue weighted by atomic mass is 16.7. The smallest absolute Gasteiger partial charge is 0.229 e. The molecule has 11 heteroatoms. The summed E-state index contributed by atoms with van der Waals surface area (Å²) in [7, 11) is 0. The van der Waals surface area contributed by atoms with Crippen LogP contribution in [0.5, 0.6) is 23.0 Å². The van der Waals surface area contributed by atoms with Crippen LogP contribution in [0.15, 0.2) is 45.6 Å². The zero-order chi connectivity index (χ0) is 23.2. The summed E-state index contributed by atoms with van der Waals surface area (Å²) in [5.41, 5.74) is -0.385. The molecule has 32 heavy (non-hydrogen) atoms. The summed E-state index contributed by atoms with van der Waals surface area (Å²) in [5.74, 6) is -1.97. The molecule has 0 aliphatic carbocycles. The van der Waals surface area contributed by atoms with Gasteiger partial charge in [-0.05, 0) is 24.3 Å². The molecule has 0 unspecified atom stereocenters. The van der Waals surface area contributed by atoms with E-state index >= 15 is 0 Å². The van der Waals surface area contributed by atoms with E-state index in [1.807, 2.05) is 0 Å². The topological polar surface area (TPSA) is 190 Å². The molecule has 1 aliphatic heterocycles. The first kappa shape index (κ1) is 21.9. The highest BCUT2D eigenvalue weighted by molar-refractivity contribution is 5.89. The van der Waals surface area contributed by atoms with E-state index in [1.165, 1.54) is 24.3 Å². The van der Waals surface area contributed by atoms with Gasteiger partial charge in [-0.3, -0.25) is 4.79 Å². The highest BCUT2D eigenvalue weighted by Crippen LogP contribution is 2.43. The first-order valence-corrected chi connectivity index (χ1v) is 9.50. The largest absolute Gasteiger partial charge is 0.508 e. The number of hydrogen-bond donors (Lipinski definition) is 7. The fourth-order valence-electron chi connectivity index (χ4n) is 3.44. The molecule has 0 amide bonds. The van der Waals surface area contributed by atoms with Gasteiger partial charge in [0, 0.05) is 17.7 Å². The Morgan fingerprint density at radius 1 is 0.938 bits per heavy atom. The number of ether oxygens (including phenoxy) is 2. The minimum absolute atomic E-state index is 0.0159. The van der Waals surface area contributed by atoms with Crippen molar-refractivity contribution in [1.82, 2.24) is 0 Å². The second-order valence-corrected chi connectivity index (χ2v) is 7.28. The number of phenolic OH excluding ortho intramolecular Hbond substituents is 3. The van der Waals surface area contributed by atoms with Gasteiger partial charge in [0.25, 0.3) is 0 Å². The van der Waals surface area contributed by atoms with Gasteiger partial charge in [-0.1, -0.05) is 0 Å². The summed E-state index contributed by atoms with van der Waals surface area (Å²) < 4.78 is 16.1. The Balaban J connectivity index is 1.74. The highest BCUT2D eigenvalue weighted by Gasteiger charge is 2.45. The summed E-state index contributed by atoms with van der Waals surface area (Å²) >= 11 is 0. The lowest BCUT2D eigenvalue weighted by molar-refractivity contribution is -0.277. The van der Waals surface area contributed by atoms with Crippen LogP contribution in [0.25, 0.3) is 22.3 Å². The van der Waals surface area contributed by atoms with Crippen LogP contribution in [-0.4, -0.2) is 73.1 Å². The molecule has 7 N–H and O–H groups in total. The standard InChI is InChI=1S/C21H20O11/c22-7-14-16(26)18(28)19(29)21(31-14)32-20-11(25)6-13-15(17(20)27)10(24)5-12(30-13)8-1-3-9(23)4-2-8/h1-6,14,16,18-19,21-23,25-29H,7H2/t14-,16-,18+,19-,21+/m0/s1. The monoisotopic (exact) mass is 448 g/mol. The van der Waals surface area contributed by atoms with E-state index < -0.39 is 60.0 Å². The molecular formula is C21H20O11. The van der Waals surface area contributed by atoms with E-state index in [0.717, 1.165) is 12.1 Å². The van der Waals surface area contributed by atoms with E-state index in [9.17, 15) is 40.5 Å². The van der Waals surface area contributed by atoms with Crippen LogP contribution in [0.1, 0.15) is 0 Å². The maximum absolute atomic E-state index is 12.7. The average Bonchev–Trinajstić information content (AvgIpc) is 2.76. The molecule has 1 aliphatic rings. The fraction of sp³-hybridized carbons (Fsp3) is 0.286. The quantitative estimate of drug-likeness (QED) is 0.279. The van der Waals surface area contributed by atoms with Gasteiger partial charge in [-0.25, -0.2) is 0 Å². The van der Waals surface area contributed by atoms with Gasteiger partial charge in [0.1, 0.15) is 46.9 Å². The molecule has 0 bridgehead atoms. The lowest BCUT2D eigenvalue weighted by Gasteiger charge is -2.39. The molecule has 4 rings (SSSR count). The van der Waals surface area contributed by atoms with Crippen molar-refractivity contribution in [2.75, 3.05) is 6.61 Å². The Labute approximate surface area is 179 Å². The van der Waals surface area contributed by atoms with Crippen molar-refractivity contribution in [2.24, 2.45) is 0 Å². The van der Waals surface area contributed by atoms with Gasteiger partial charge in [0.15, 0.2) is 16.9 Å². The molecule has 2 aromatic carbocycles. The van der Waals surface area contributed by atoms with Crippen LogP contribution in [0.2, 0.25) is 0 Å². The van der Waals surface area contributed by atoms with E-state index in [0.29, 0.717) is 5.56 Å². The second kappa shape index (κ2) is 8.30. The summed E-state index contributed by atoms with van der Waals surface area (Å²) in [6, 6.07) is 7.92. The van der Waals surface area contributed by atoms with Gasteiger partial charge in [0.2, 0.25) is 12.0 Å². The molecule has 1 fully saturated rings. The van der Waals surface area contributed by atoms with Gasteiger partial charge in [-0.2, -0.15) is 0 Å². The third kappa shape index (κ3) is 3.72.